The molecule has 2 rings (SSSR count). The van der Waals surface area contributed by atoms with Gasteiger partial charge in [0.25, 0.3) is 0 Å². The second-order valence-corrected chi connectivity index (χ2v) is 5.57. The van der Waals surface area contributed by atoms with Gasteiger partial charge in [-0.25, -0.2) is 4.98 Å². The maximum absolute atomic E-state index is 5.69. The molecule has 5 heteroatoms. The molecule has 0 atom stereocenters. The van der Waals surface area contributed by atoms with Crippen LogP contribution in [0.1, 0.15) is 32.8 Å². The average Bonchev–Trinajstić information content (AvgIpc) is 2.88. The standard InChI is InChI=1S/C16H24N4O/c1-4-7-20-12-15(11-19-20)21-16-6-5-14(10-18-16)9-17-8-13(2)3/h5-6,10-13,17H,4,7-9H2,1-3H3. The third kappa shape index (κ3) is 5.19. The van der Waals surface area contributed by atoms with Gasteiger partial charge >= 0.3 is 0 Å². The Bertz CT molecular complexity index is 533. The van der Waals surface area contributed by atoms with E-state index in [1.807, 2.05) is 29.2 Å². The first-order chi connectivity index (χ1) is 10.2. The summed E-state index contributed by atoms with van der Waals surface area (Å²) >= 11 is 0. The van der Waals surface area contributed by atoms with Gasteiger partial charge in [-0.1, -0.05) is 26.8 Å². The topological polar surface area (TPSA) is 52.0 Å². The molecule has 1 N–H and O–H groups in total. The van der Waals surface area contributed by atoms with Crippen molar-refractivity contribution >= 4 is 0 Å². The van der Waals surface area contributed by atoms with E-state index in [0.717, 1.165) is 37.4 Å². The van der Waals surface area contributed by atoms with E-state index in [1.54, 1.807) is 6.20 Å². The predicted octanol–water partition coefficient (Wildman–Crippen LogP) is 3.23. The number of ether oxygens (including phenoxy) is 1. The van der Waals surface area contributed by atoms with Crippen molar-refractivity contribution in [3.05, 3.63) is 36.3 Å². The summed E-state index contributed by atoms with van der Waals surface area (Å²) in [5.41, 5.74) is 1.16. The molecular weight excluding hydrogens is 264 g/mol. The highest BCUT2D eigenvalue weighted by molar-refractivity contribution is 5.23. The van der Waals surface area contributed by atoms with Crippen molar-refractivity contribution in [1.29, 1.82) is 0 Å². The minimum absolute atomic E-state index is 0.596. The van der Waals surface area contributed by atoms with E-state index in [4.69, 9.17) is 4.74 Å². The molecule has 0 fully saturated rings. The average molecular weight is 288 g/mol. The molecule has 0 saturated carbocycles. The van der Waals surface area contributed by atoms with E-state index in [9.17, 15) is 0 Å². The summed E-state index contributed by atoms with van der Waals surface area (Å²) in [6, 6.07) is 3.93. The highest BCUT2D eigenvalue weighted by Gasteiger charge is 2.03. The number of pyridine rings is 1. The van der Waals surface area contributed by atoms with Crippen LogP contribution in [0.3, 0.4) is 0 Å². The van der Waals surface area contributed by atoms with E-state index >= 15 is 0 Å². The normalized spacial score (nSPS) is 11.0. The Balaban J connectivity index is 1.86. The fraction of sp³-hybridized carbons (Fsp3) is 0.500. The Kier molecular flexibility index (Phi) is 5.75. The number of hydrogen-bond acceptors (Lipinski definition) is 4. The third-order valence-electron chi connectivity index (χ3n) is 2.96. The van der Waals surface area contributed by atoms with Gasteiger partial charge in [-0.3, -0.25) is 4.68 Å². The first kappa shape index (κ1) is 15.5. The largest absolute Gasteiger partial charge is 0.436 e. The molecule has 0 saturated heterocycles. The molecule has 0 spiro atoms. The van der Waals surface area contributed by atoms with Crippen molar-refractivity contribution in [3.8, 4) is 11.6 Å². The van der Waals surface area contributed by atoms with Crippen molar-refractivity contribution in [3.63, 3.8) is 0 Å². The van der Waals surface area contributed by atoms with Crippen LogP contribution in [0, 0.1) is 5.92 Å². The molecule has 0 unspecified atom stereocenters. The zero-order valence-electron chi connectivity index (χ0n) is 13.0. The molecule has 0 aliphatic rings. The Labute approximate surface area is 126 Å². The van der Waals surface area contributed by atoms with Crippen molar-refractivity contribution < 1.29 is 4.74 Å². The van der Waals surface area contributed by atoms with Gasteiger partial charge in [0.2, 0.25) is 5.88 Å². The van der Waals surface area contributed by atoms with Gasteiger partial charge in [-0.2, -0.15) is 5.10 Å². The lowest BCUT2D eigenvalue weighted by Crippen LogP contribution is -2.18. The molecule has 2 aromatic rings. The summed E-state index contributed by atoms with van der Waals surface area (Å²) < 4.78 is 7.56. The number of aromatic nitrogens is 3. The van der Waals surface area contributed by atoms with Crippen LogP contribution in [-0.4, -0.2) is 21.3 Å². The van der Waals surface area contributed by atoms with E-state index in [-0.39, 0.29) is 0 Å². The van der Waals surface area contributed by atoms with Crippen LogP contribution in [0.4, 0.5) is 0 Å². The van der Waals surface area contributed by atoms with Crippen molar-refractivity contribution in [2.75, 3.05) is 6.54 Å². The molecule has 2 aromatic heterocycles. The molecule has 0 bridgehead atoms. The summed E-state index contributed by atoms with van der Waals surface area (Å²) in [5, 5.41) is 7.62. The summed E-state index contributed by atoms with van der Waals surface area (Å²) in [5.74, 6) is 1.97. The van der Waals surface area contributed by atoms with Crippen molar-refractivity contribution in [2.45, 2.75) is 40.3 Å². The first-order valence-electron chi connectivity index (χ1n) is 7.53. The first-order valence-corrected chi connectivity index (χ1v) is 7.53. The maximum Gasteiger partial charge on any atom is 0.219 e. The number of nitrogens with one attached hydrogen (secondary N) is 1. The fourth-order valence-electron chi connectivity index (χ4n) is 1.95. The Morgan fingerprint density at radius 3 is 2.81 bits per heavy atom. The van der Waals surface area contributed by atoms with Crippen LogP contribution in [0.2, 0.25) is 0 Å². The molecule has 0 amide bonds. The van der Waals surface area contributed by atoms with Crippen molar-refractivity contribution in [1.82, 2.24) is 20.1 Å². The molecule has 0 aromatic carbocycles. The van der Waals surface area contributed by atoms with Gasteiger partial charge in [0.15, 0.2) is 5.75 Å². The predicted molar refractivity (Wildman–Crippen MR) is 83.4 cm³/mol. The monoisotopic (exact) mass is 288 g/mol. The molecule has 0 radical (unpaired) electrons. The number of nitrogens with zero attached hydrogens (tertiary/aromatic N) is 3. The molecule has 21 heavy (non-hydrogen) atoms. The SMILES string of the molecule is CCCn1cc(Oc2ccc(CNCC(C)C)cn2)cn1. The Morgan fingerprint density at radius 1 is 1.29 bits per heavy atom. The second kappa shape index (κ2) is 7.78. The maximum atomic E-state index is 5.69. The lowest BCUT2D eigenvalue weighted by molar-refractivity contribution is 0.460. The minimum Gasteiger partial charge on any atom is -0.436 e. The summed E-state index contributed by atoms with van der Waals surface area (Å²) in [6.07, 6.45) is 6.51. The van der Waals surface area contributed by atoms with Gasteiger partial charge in [-0.15, -0.1) is 0 Å². The lowest BCUT2D eigenvalue weighted by Gasteiger charge is -2.07. The molecule has 0 aliphatic heterocycles. The van der Waals surface area contributed by atoms with Crippen LogP contribution in [0.5, 0.6) is 11.6 Å². The zero-order chi connectivity index (χ0) is 15.1. The van der Waals surface area contributed by atoms with Gasteiger partial charge in [-0.05, 0) is 24.4 Å². The summed E-state index contributed by atoms with van der Waals surface area (Å²) in [7, 11) is 0. The summed E-state index contributed by atoms with van der Waals surface area (Å²) in [4.78, 5) is 4.33. The highest BCUT2D eigenvalue weighted by atomic mass is 16.5. The van der Waals surface area contributed by atoms with Gasteiger partial charge < -0.3 is 10.1 Å². The smallest absolute Gasteiger partial charge is 0.219 e. The van der Waals surface area contributed by atoms with Gasteiger partial charge in [0.05, 0.1) is 12.4 Å². The zero-order valence-corrected chi connectivity index (χ0v) is 13.0. The molecule has 114 valence electrons. The van der Waals surface area contributed by atoms with E-state index in [2.05, 4.69) is 36.2 Å². The van der Waals surface area contributed by atoms with Crippen LogP contribution in [0.15, 0.2) is 30.7 Å². The third-order valence-corrected chi connectivity index (χ3v) is 2.96. The lowest BCUT2D eigenvalue weighted by atomic mass is 10.2. The van der Waals surface area contributed by atoms with Crippen molar-refractivity contribution in [2.24, 2.45) is 5.92 Å². The van der Waals surface area contributed by atoms with Crippen LogP contribution in [0.25, 0.3) is 0 Å². The molecule has 0 aliphatic carbocycles. The second-order valence-electron chi connectivity index (χ2n) is 5.57. The quantitative estimate of drug-likeness (QED) is 0.810. The number of rotatable bonds is 8. The fourth-order valence-corrected chi connectivity index (χ4v) is 1.95. The van der Waals surface area contributed by atoms with Crippen LogP contribution < -0.4 is 10.1 Å². The summed E-state index contributed by atoms with van der Waals surface area (Å²) in [6.45, 7) is 9.25. The number of hydrogen-bond donors (Lipinski definition) is 1. The van der Waals surface area contributed by atoms with E-state index in [0.29, 0.717) is 11.8 Å². The molecule has 2 heterocycles. The Hall–Kier alpha value is -1.88. The van der Waals surface area contributed by atoms with Crippen LogP contribution >= 0.6 is 0 Å². The van der Waals surface area contributed by atoms with Gasteiger partial charge in [0.1, 0.15) is 0 Å². The number of aryl methyl sites for hydroxylation is 1. The highest BCUT2D eigenvalue weighted by Crippen LogP contribution is 2.18. The minimum atomic E-state index is 0.596. The van der Waals surface area contributed by atoms with E-state index in [1.165, 1.54) is 0 Å². The van der Waals surface area contributed by atoms with Crippen LogP contribution in [-0.2, 0) is 13.1 Å². The van der Waals surface area contributed by atoms with Gasteiger partial charge in [0, 0.05) is 25.4 Å². The molecular formula is C16H24N4O. The Morgan fingerprint density at radius 2 is 2.14 bits per heavy atom. The van der Waals surface area contributed by atoms with E-state index < -0.39 is 0 Å². The molecule has 5 nitrogen and oxygen atoms in total.